The largest absolute Gasteiger partial charge is 0.346 e. The van der Waals surface area contributed by atoms with Crippen molar-refractivity contribution in [1.82, 2.24) is 0 Å². The lowest BCUT2D eigenvalue weighted by Gasteiger charge is -2.35. The first-order chi connectivity index (χ1) is 8.64. The Hall–Kier alpha value is -0.910. The van der Waals surface area contributed by atoms with Crippen LogP contribution >= 0.6 is 0 Å². The fraction of sp³-hybridized carbons (Fsp3) is 0.846. The van der Waals surface area contributed by atoms with Crippen LogP contribution < -0.4 is 0 Å². The smallest absolute Gasteiger partial charge is 0.321 e. The van der Waals surface area contributed by atoms with E-state index in [0.717, 1.165) is 6.42 Å². The highest BCUT2D eigenvalue weighted by atomic mass is 32.2. The standard InChI is InChI=1S/C13H20O5S/c1-4-11(15)18-19(16,17)8-13-6-5-9(7-10(13)14)12(13,2)3/h9H,4-8H2,1-3H3. The Balaban J connectivity index is 2.27. The van der Waals surface area contributed by atoms with Crippen molar-refractivity contribution in [2.75, 3.05) is 5.75 Å². The molecule has 2 unspecified atom stereocenters. The Morgan fingerprint density at radius 3 is 2.47 bits per heavy atom. The lowest BCUT2D eigenvalue weighted by atomic mass is 9.70. The topological polar surface area (TPSA) is 77.5 Å². The maximum atomic E-state index is 12.2. The quantitative estimate of drug-likeness (QED) is 0.735. The molecule has 108 valence electrons. The third-order valence-electron chi connectivity index (χ3n) is 5.07. The van der Waals surface area contributed by atoms with Crippen molar-refractivity contribution in [3.63, 3.8) is 0 Å². The highest BCUT2D eigenvalue weighted by Crippen LogP contribution is 2.64. The van der Waals surface area contributed by atoms with Gasteiger partial charge in [-0.05, 0) is 24.2 Å². The molecule has 0 radical (unpaired) electrons. The maximum absolute atomic E-state index is 12.2. The average molecular weight is 288 g/mol. The molecule has 5 nitrogen and oxygen atoms in total. The molecule has 0 aromatic carbocycles. The zero-order chi connectivity index (χ0) is 14.5. The minimum atomic E-state index is -3.99. The molecular weight excluding hydrogens is 268 g/mol. The second-order valence-corrected chi connectivity index (χ2v) is 7.75. The van der Waals surface area contributed by atoms with E-state index < -0.39 is 21.5 Å². The molecule has 0 heterocycles. The molecule has 2 aliphatic rings. The van der Waals surface area contributed by atoms with E-state index in [1.54, 1.807) is 0 Å². The summed E-state index contributed by atoms with van der Waals surface area (Å²) in [6.07, 6.45) is 1.90. The van der Waals surface area contributed by atoms with Gasteiger partial charge in [-0.15, -0.1) is 0 Å². The lowest BCUT2D eigenvalue weighted by Crippen LogP contribution is -2.42. The number of hydrogen-bond donors (Lipinski definition) is 0. The summed E-state index contributed by atoms with van der Waals surface area (Å²) in [5, 5.41) is 0. The van der Waals surface area contributed by atoms with Crippen molar-refractivity contribution in [3.05, 3.63) is 0 Å². The van der Waals surface area contributed by atoms with E-state index >= 15 is 0 Å². The number of rotatable bonds is 4. The summed E-state index contributed by atoms with van der Waals surface area (Å²) in [4.78, 5) is 23.4. The van der Waals surface area contributed by atoms with Gasteiger partial charge in [-0.3, -0.25) is 9.59 Å². The summed E-state index contributed by atoms with van der Waals surface area (Å²) in [6, 6.07) is 0. The predicted molar refractivity (Wildman–Crippen MR) is 68.7 cm³/mol. The summed E-state index contributed by atoms with van der Waals surface area (Å²) in [5.41, 5.74) is -1.21. The van der Waals surface area contributed by atoms with E-state index in [1.165, 1.54) is 6.92 Å². The molecule has 0 amide bonds. The van der Waals surface area contributed by atoms with Crippen molar-refractivity contribution in [2.24, 2.45) is 16.7 Å². The molecule has 0 aromatic rings. The van der Waals surface area contributed by atoms with Crippen LogP contribution in [0.25, 0.3) is 0 Å². The normalized spacial score (nSPS) is 32.6. The van der Waals surface area contributed by atoms with Crippen LogP contribution in [0.5, 0.6) is 0 Å². The van der Waals surface area contributed by atoms with Gasteiger partial charge in [0.2, 0.25) is 0 Å². The molecule has 2 bridgehead atoms. The zero-order valence-electron chi connectivity index (χ0n) is 11.6. The number of carbonyl (C=O) groups is 2. The molecule has 2 aliphatic carbocycles. The molecule has 0 N–H and O–H groups in total. The van der Waals surface area contributed by atoms with Crippen LogP contribution in [0, 0.1) is 16.7 Å². The van der Waals surface area contributed by atoms with Crippen LogP contribution in [-0.4, -0.2) is 25.9 Å². The fourth-order valence-corrected chi connectivity index (χ4v) is 5.38. The Morgan fingerprint density at radius 2 is 2.05 bits per heavy atom. The first-order valence-corrected chi connectivity index (χ1v) is 8.20. The number of carbonyl (C=O) groups excluding carboxylic acids is 2. The molecular formula is C13H20O5S. The van der Waals surface area contributed by atoms with Gasteiger partial charge < -0.3 is 4.18 Å². The van der Waals surface area contributed by atoms with Crippen molar-refractivity contribution in [2.45, 2.75) is 46.5 Å². The third kappa shape index (κ3) is 2.10. The zero-order valence-corrected chi connectivity index (χ0v) is 12.4. The van der Waals surface area contributed by atoms with E-state index in [9.17, 15) is 18.0 Å². The molecule has 2 fully saturated rings. The SMILES string of the molecule is CCC(=O)OS(=O)(=O)CC12CCC(CC1=O)C2(C)C. The number of fused-ring (bicyclic) bond motifs is 2. The van der Waals surface area contributed by atoms with Crippen molar-refractivity contribution in [1.29, 1.82) is 0 Å². The average Bonchev–Trinajstić information content (AvgIpc) is 2.61. The number of Topliss-reactive ketones (excluding diaryl/α,β-unsaturated/α-hetero) is 1. The number of ketones is 1. The molecule has 0 spiro atoms. The van der Waals surface area contributed by atoms with Crippen molar-refractivity contribution >= 4 is 21.9 Å². The Kier molecular flexibility index (Phi) is 3.28. The molecule has 19 heavy (non-hydrogen) atoms. The molecule has 6 heteroatoms. The van der Waals surface area contributed by atoms with E-state index in [2.05, 4.69) is 4.18 Å². The van der Waals surface area contributed by atoms with Gasteiger partial charge in [-0.2, -0.15) is 8.42 Å². The molecule has 0 saturated heterocycles. The summed E-state index contributed by atoms with van der Waals surface area (Å²) in [5.74, 6) is -0.884. The molecule has 2 atom stereocenters. The van der Waals surface area contributed by atoms with Crippen LogP contribution in [0.1, 0.15) is 46.5 Å². The first-order valence-electron chi connectivity index (χ1n) is 6.63. The van der Waals surface area contributed by atoms with Gasteiger partial charge in [-0.25, -0.2) is 0 Å². The van der Waals surface area contributed by atoms with Crippen molar-refractivity contribution in [3.8, 4) is 0 Å². The highest BCUT2D eigenvalue weighted by molar-refractivity contribution is 7.87. The highest BCUT2D eigenvalue weighted by Gasteiger charge is 2.65. The van der Waals surface area contributed by atoms with Gasteiger partial charge in [0.25, 0.3) is 0 Å². The van der Waals surface area contributed by atoms with Crippen LogP contribution in [0.4, 0.5) is 0 Å². The summed E-state index contributed by atoms with van der Waals surface area (Å²) >= 11 is 0. The minimum absolute atomic E-state index is 0.00451. The van der Waals surface area contributed by atoms with Gasteiger partial charge in [0, 0.05) is 12.8 Å². The second-order valence-electron chi connectivity index (χ2n) is 6.18. The van der Waals surface area contributed by atoms with Gasteiger partial charge >= 0.3 is 16.1 Å². The van der Waals surface area contributed by atoms with Crippen molar-refractivity contribution < 1.29 is 22.2 Å². The Bertz CT molecular complexity index is 519. The lowest BCUT2D eigenvalue weighted by molar-refractivity contribution is -0.134. The first kappa shape index (κ1) is 14.5. The summed E-state index contributed by atoms with van der Waals surface area (Å²) in [6.45, 7) is 5.44. The molecule has 0 aliphatic heterocycles. The van der Waals surface area contributed by atoms with Gasteiger partial charge in [0.05, 0.1) is 11.2 Å². The minimum Gasteiger partial charge on any atom is -0.346 e. The van der Waals surface area contributed by atoms with Gasteiger partial charge in [-0.1, -0.05) is 20.8 Å². The molecule has 2 rings (SSSR count). The second kappa shape index (κ2) is 4.30. The van der Waals surface area contributed by atoms with E-state index in [-0.39, 0.29) is 29.3 Å². The van der Waals surface area contributed by atoms with Gasteiger partial charge in [0.15, 0.2) is 0 Å². The molecule has 0 aromatic heterocycles. The molecule has 2 saturated carbocycles. The van der Waals surface area contributed by atoms with E-state index in [4.69, 9.17) is 0 Å². The van der Waals surface area contributed by atoms with E-state index in [0.29, 0.717) is 12.8 Å². The fourth-order valence-electron chi connectivity index (χ4n) is 3.64. The van der Waals surface area contributed by atoms with Crippen LogP contribution in [0.3, 0.4) is 0 Å². The third-order valence-corrected chi connectivity index (χ3v) is 6.36. The monoisotopic (exact) mass is 288 g/mol. The van der Waals surface area contributed by atoms with Crippen LogP contribution in [0.2, 0.25) is 0 Å². The maximum Gasteiger partial charge on any atom is 0.321 e. The summed E-state index contributed by atoms with van der Waals surface area (Å²) in [7, 11) is -3.99. The van der Waals surface area contributed by atoms with E-state index in [1.807, 2.05) is 13.8 Å². The predicted octanol–water partition coefficient (Wildman–Crippen LogP) is 1.66. The van der Waals surface area contributed by atoms with Crippen LogP contribution in [-0.2, 0) is 23.9 Å². The Morgan fingerprint density at radius 1 is 1.42 bits per heavy atom. The Labute approximate surface area is 113 Å². The summed E-state index contributed by atoms with van der Waals surface area (Å²) < 4.78 is 28.5. The number of hydrogen-bond acceptors (Lipinski definition) is 5. The van der Waals surface area contributed by atoms with Crippen LogP contribution in [0.15, 0.2) is 0 Å². The van der Waals surface area contributed by atoms with Gasteiger partial charge in [0.1, 0.15) is 5.78 Å².